The molecule has 2 aliphatic rings. The van der Waals surface area contributed by atoms with Crippen molar-refractivity contribution in [2.24, 2.45) is 9.98 Å². The van der Waals surface area contributed by atoms with Gasteiger partial charge in [-0.15, -0.1) is 0 Å². The van der Waals surface area contributed by atoms with E-state index in [2.05, 4.69) is 9.98 Å². The molecule has 82 valence electrons. The highest BCUT2D eigenvalue weighted by Crippen LogP contribution is 2.20. The molecule has 4 heteroatoms. The Morgan fingerprint density at radius 3 is 2.76 bits per heavy atom. The first kappa shape index (κ1) is 9.72. The zero-order chi connectivity index (χ0) is 11.7. The van der Waals surface area contributed by atoms with Crippen molar-refractivity contribution in [1.29, 1.82) is 0 Å². The summed E-state index contributed by atoms with van der Waals surface area (Å²) in [7, 11) is 0. The number of amides is 1. The highest BCUT2D eigenvalue weighted by atomic mass is 16.2. The fourth-order valence-electron chi connectivity index (χ4n) is 1.68. The molecular weight excluding hydrogens is 214 g/mol. The van der Waals surface area contributed by atoms with Gasteiger partial charge in [0.15, 0.2) is 0 Å². The van der Waals surface area contributed by atoms with Crippen molar-refractivity contribution in [2.75, 3.05) is 0 Å². The number of hydrogen-bond acceptors (Lipinski definition) is 3. The van der Waals surface area contributed by atoms with E-state index in [0.717, 1.165) is 5.56 Å². The number of guanidine groups is 1. The van der Waals surface area contributed by atoms with Crippen LogP contribution in [-0.2, 0) is 4.79 Å². The van der Waals surface area contributed by atoms with E-state index >= 15 is 0 Å². The van der Waals surface area contributed by atoms with Crippen LogP contribution in [0.2, 0.25) is 0 Å². The maximum absolute atomic E-state index is 12.0. The zero-order valence-electron chi connectivity index (χ0n) is 8.95. The largest absolute Gasteiger partial charge is 0.283 e. The zero-order valence-corrected chi connectivity index (χ0v) is 8.95. The number of fused-ring (bicyclic) bond motifs is 1. The molecule has 0 saturated heterocycles. The molecule has 0 saturated carbocycles. The summed E-state index contributed by atoms with van der Waals surface area (Å²) in [6, 6.07) is 9.63. The van der Waals surface area contributed by atoms with Crippen molar-refractivity contribution in [2.45, 2.75) is 0 Å². The molecule has 2 heterocycles. The van der Waals surface area contributed by atoms with Gasteiger partial charge < -0.3 is 0 Å². The Bertz CT molecular complexity index is 582. The molecule has 0 bridgehead atoms. The van der Waals surface area contributed by atoms with E-state index in [0.29, 0.717) is 11.7 Å². The number of rotatable bonds is 1. The molecule has 0 aromatic heterocycles. The standard InChI is InChI=1S/C13H9N3O/c17-12-11(9-10-5-2-1-3-6-10)15-13-14-7-4-8-16(12)13/h1-9H/b11-9-. The number of aliphatic imine (C=N–C) groups is 2. The molecule has 2 aliphatic heterocycles. The predicted octanol–water partition coefficient (Wildman–Crippen LogP) is 1.82. The molecule has 0 spiro atoms. The smallest absolute Gasteiger partial charge is 0.266 e. The maximum Gasteiger partial charge on any atom is 0.283 e. The van der Waals surface area contributed by atoms with Gasteiger partial charge in [-0.3, -0.25) is 9.69 Å². The van der Waals surface area contributed by atoms with Gasteiger partial charge in [-0.1, -0.05) is 30.3 Å². The van der Waals surface area contributed by atoms with E-state index in [4.69, 9.17) is 0 Å². The molecule has 1 aromatic carbocycles. The molecule has 0 fully saturated rings. The van der Waals surface area contributed by atoms with Crippen molar-refractivity contribution in [3.63, 3.8) is 0 Å². The van der Waals surface area contributed by atoms with E-state index in [-0.39, 0.29) is 5.91 Å². The molecule has 0 N–H and O–H groups in total. The predicted molar refractivity (Wildman–Crippen MR) is 66.3 cm³/mol. The van der Waals surface area contributed by atoms with Gasteiger partial charge >= 0.3 is 0 Å². The Kier molecular flexibility index (Phi) is 2.19. The minimum Gasteiger partial charge on any atom is -0.266 e. The van der Waals surface area contributed by atoms with Crippen LogP contribution in [0.15, 0.2) is 58.3 Å². The van der Waals surface area contributed by atoms with Crippen LogP contribution in [0.1, 0.15) is 5.56 Å². The number of carbonyl (C=O) groups excluding carboxylic acids is 1. The molecule has 0 unspecified atom stereocenters. The molecule has 17 heavy (non-hydrogen) atoms. The maximum atomic E-state index is 12.0. The van der Waals surface area contributed by atoms with Gasteiger partial charge in [-0.05, 0) is 17.7 Å². The Balaban J connectivity index is 1.99. The number of nitrogens with zero attached hydrogens (tertiary/aromatic N) is 3. The normalized spacial score (nSPS) is 19.8. The molecule has 1 aromatic rings. The summed E-state index contributed by atoms with van der Waals surface area (Å²) in [5, 5.41) is 0. The lowest BCUT2D eigenvalue weighted by molar-refractivity contribution is -0.120. The topological polar surface area (TPSA) is 45.0 Å². The Labute approximate surface area is 98.3 Å². The summed E-state index contributed by atoms with van der Waals surface area (Å²) in [6.45, 7) is 0. The number of hydrogen-bond donors (Lipinski definition) is 0. The summed E-state index contributed by atoms with van der Waals surface area (Å²) in [4.78, 5) is 21.6. The van der Waals surface area contributed by atoms with Crippen LogP contribution in [0.5, 0.6) is 0 Å². The van der Waals surface area contributed by atoms with E-state index in [9.17, 15) is 4.79 Å². The van der Waals surface area contributed by atoms with E-state index in [1.807, 2.05) is 30.3 Å². The summed E-state index contributed by atoms with van der Waals surface area (Å²) in [5.41, 5.74) is 1.36. The first-order chi connectivity index (χ1) is 8.34. The van der Waals surface area contributed by atoms with Gasteiger partial charge in [-0.2, -0.15) is 0 Å². The van der Waals surface area contributed by atoms with Gasteiger partial charge in [0.1, 0.15) is 5.70 Å². The third-order valence-corrected chi connectivity index (χ3v) is 2.49. The van der Waals surface area contributed by atoms with Crippen LogP contribution in [0.3, 0.4) is 0 Å². The van der Waals surface area contributed by atoms with Crippen LogP contribution in [0.4, 0.5) is 0 Å². The summed E-state index contributed by atoms with van der Waals surface area (Å²) < 4.78 is 0. The molecule has 0 radical (unpaired) electrons. The van der Waals surface area contributed by atoms with Crippen LogP contribution < -0.4 is 0 Å². The molecule has 0 aliphatic carbocycles. The van der Waals surface area contributed by atoms with Gasteiger partial charge in [0.05, 0.1) is 0 Å². The summed E-state index contributed by atoms with van der Waals surface area (Å²) in [6.07, 6.45) is 6.76. The molecule has 1 amide bonds. The van der Waals surface area contributed by atoms with Crippen LogP contribution >= 0.6 is 0 Å². The minimum atomic E-state index is -0.142. The number of benzene rings is 1. The van der Waals surface area contributed by atoms with E-state index < -0.39 is 0 Å². The average molecular weight is 223 g/mol. The molecule has 3 rings (SSSR count). The first-order valence-electron chi connectivity index (χ1n) is 5.24. The summed E-state index contributed by atoms with van der Waals surface area (Å²) in [5.74, 6) is 0.289. The van der Waals surface area contributed by atoms with Crippen LogP contribution in [-0.4, -0.2) is 23.0 Å². The SMILES string of the molecule is O=C1/C(=C/c2ccccc2)N=C2N=CC=CN12. The molecular formula is C13H9N3O. The highest BCUT2D eigenvalue weighted by Gasteiger charge is 2.28. The Hall–Kier alpha value is -2.49. The van der Waals surface area contributed by atoms with Crippen molar-refractivity contribution >= 4 is 24.2 Å². The van der Waals surface area contributed by atoms with Gasteiger partial charge in [-0.25, -0.2) is 9.98 Å². The Morgan fingerprint density at radius 2 is 2.00 bits per heavy atom. The lowest BCUT2D eigenvalue weighted by Gasteiger charge is -2.10. The fourth-order valence-corrected chi connectivity index (χ4v) is 1.68. The average Bonchev–Trinajstić information content (AvgIpc) is 2.68. The van der Waals surface area contributed by atoms with Crippen molar-refractivity contribution < 1.29 is 4.79 Å². The fraction of sp³-hybridized carbons (Fsp3) is 0. The van der Waals surface area contributed by atoms with Crippen molar-refractivity contribution in [3.8, 4) is 0 Å². The van der Waals surface area contributed by atoms with E-state index in [1.54, 1.807) is 24.6 Å². The Morgan fingerprint density at radius 1 is 1.18 bits per heavy atom. The third-order valence-electron chi connectivity index (χ3n) is 2.49. The molecule has 4 nitrogen and oxygen atoms in total. The van der Waals surface area contributed by atoms with Crippen LogP contribution in [0, 0.1) is 0 Å². The monoisotopic (exact) mass is 223 g/mol. The number of allylic oxidation sites excluding steroid dienone is 1. The lowest BCUT2D eigenvalue weighted by Crippen LogP contribution is -2.26. The van der Waals surface area contributed by atoms with Crippen molar-refractivity contribution in [1.82, 2.24) is 4.90 Å². The second kappa shape index (κ2) is 3.83. The number of carbonyl (C=O) groups is 1. The second-order valence-corrected chi connectivity index (χ2v) is 3.65. The van der Waals surface area contributed by atoms with Gasteiger partial charge in [0, 0.05) is 12.4 Å². The first-order valence-corrected chi connectivity index (χ1v) is 5.24. The summed E-state index contributed by atoms with van der Waals surface area (Å²) >= 11 is 0. The molecule has 0 atom stereocenters. The second-order valence-electron chi connectivity index (χ2n) is 3.65. The van der Waals surface area contributed by atoms with E-state index in [1.165, 1.54) is 4.90 Å². The van der Waals surface area contributed by atoms with Crippen LogP contribution in [0.25, 0.3) is 6.08 Å². The van der Waals surface area contributed by atoms with Gasteiger partial charge in [0.25, 0.3) is 5.91 Å². The third kappa shape index (κ3) is 1.69. The minimum absolute atomic E-state index is 0.142. The lowest BCUT2D eigenvalue weighted by atomic mass is 10.2. The van der Waals surface area contributed by atoms with Gasteiger partial charge in [0.2, 0.25) is 5.96 Å². The highest BCUT2D eigenvalue weighted by molar-refractivity contribution is 6.17. The quantitative estimate of drug-likeness (QED) is 0.670. The van der Waals surface area contributed by atoms with Crippen molar-refractivity contribution in [3.05, 3.63) is 53.9 Å².